The van der Waals surface area contributed by atoms with Gasteiger partial charge >= 0.3 is 0 Å². The maximum atomic E-state index is 13.0. The van der Waals surface area contributed by atoms with Gasteiger partial charge in [-0.2, -0.15) is 0 Å². The quantitative estimate of drug-likeness (QED) is 0.844. The molecule has 1 aliphatic heterocycles. The van der Waals surface area contributed by atoms with Crippen LogP contribution in [0.1, 0.15) is 38.1 Å². The third-order valence-corrected chi connectivity index (χ3v) is 5.04. The van der Waals surface area contributed by atoms with Gasteiger partial charge in [0, 0.05) is 49.3 Å². The lowest BCUT2D eigenvalue weighted by atomic mass is 10.1. The van der Waals surface area contributed by atoms with Crippen LogP contribution < -0.4 is 9.64 Å². The van der Waals surface area contributed by atoms with Crippen LogP contribution in [-0.2, 0) is 5.54 Å². The lowest BCUT2D eigenvalue weighted by Crippen LogP contribution is -2.54. The molecule has 5 heteroatoms. The molecule has 1 fully saturated rings. The van der Waals surface area contributed by atoms with E-state index in [1.807, 2.05) is 35.5 Å². The first-order chi connectivity index (χ1) is 12.3. The van der Waals surface area contributed by atoms with Crippen molar-refractivity contribution < 1.29 is 9.53 Å². The molecule has 0 spiro atoms. The molecule has 2 aromatic rings. The predicted octanol–water partition coefficient (Wildman–Crippen LogP) is 3.60. The first-order valence-electron chi connectivity index (χ1n) is 9.18. The van der Waals surface area contributed by atoms with Crippen LogP contribution in [0, 0.1) is 0 Å². The number of anilines is 1. The van der Waals surface area contributed by atoms with Gasteiger partial charge in [0.15, 0.2) is 0 Å². The van der Waals surface area contributed by atoms with E-state index < -0.39 is 0 Å². The number of hydrogen-bond acceptors (Lipinski definition) is 3. The Kier molecular flexibility index (Phi) is 4.99. The number of benzene rings is 1. The zero-order valence-electron chi connectivity index (χ0n) is 16.4. The summed E-state index contributed by atoms with van der Waals surface area (Å²) in [7, 11) is 1.68. The van der Waals surface area contributed by atoms with Gasteiger partial charge in [0.2, 0.25) is 0 Å². The average molecular weight is 355 g/mol. The lowest BCUT2D eigenvalue weighted by Gasteiger charge is -2.41. The first-order valence-corrected chi connectivity index (χ1v) is 9.18. The fraction of sp³-hybridized carbons (Fsp3) is 0.476. The zero-order valence-corrected chi connectivity index (χ0v) is 16.4. The average Bonchev–Trinajstić information content (AvgIpc) is 3.12. The summed E-state index contributed by atoms with van der Waals surface area (Å²) in [6.07, 6.45) is 3.95. The van der Waals surface area contributed by atoms with Crippen molar-refractivity contribution in [2.75, 3.05) is 31.6 Å². The Morgan fingerprint density at radius 1 is 1.12 bits per heavy atom. The molecule has 1 aromatic heterocycles. The van der Waals surface area contributed by atoms with Gasteiger partial charge in [-0.3, -0.25) is 4.79 Å². The number of ether oxygens (including phenoxy) is 1. The summed E-state index contributed by atoms with van der Waals surface area (Å²) < 4.78 is 7.32. The van der Waals surface area contributed by atoms with Gasteiger partial charge in [-0.1, -0.05) is 0 Å². The fourth-order valence-electron chi connectivity index (χ4n) is 3.39. The highest BCUT2D eigenvalue weighted by atomic mass is 16.5. The number of nitrogens with zero attached hydrogens (tertiary/aromatic N) is 3. The van der Waals surface area contributed by atoms with E-state index in [1.54, 1.807) is 7.11 Å². The predicted molar refractivity (Wildman–Crippen MR) is 105 cm³/mol. The lowest BCUT2D eigenvalue weighted by molar-refractivity contribution is 0.0674. The minimum Gasteiger partial charge on any atom is -0.497 e. The molecule has 0 unspecified atom stereocenters. The monoisotopic (exact) mass is 355 g/mol. The normalized spacial score (nSPS) is 18.1. The fourth-order valence-corrected chi connectivity index (χ4v) is 3.39. The second-order valence-corrected chi connectivity index (χ2v) is 7.97. The molecule has 1 saturated heterocycles. The van der Waals surface area contributed by atoms with E-state index in [-0.39, 0.29) is 17.5 Å². The van der Waals surface area contributed by atoms with Crippen LogP contribution in [0.3, 0.4) is 0 Å². The SMILES string of the molecule is COc1ccc(N2CCN(C(=O)c3ccn(C(C)(C)C)c3)[C@H](C)C2)cc1. The van der Waals surface area contributed by atoms with Crippen LogP contribution in [-0.4, -0.2) is 48.2 Å². The second-order valence-electron chi connectivity index (χ2n) is 7.97. The molecular weight excluding hydrogens is 326 g/mol. The van der Waals surface area contributed by atoms with Crippen molar-refractivity contribution in [2.45, 2.75) is 39.3 Å². The largest absolute Gasteiger partial charge is 0.497 e. The third-order valence-electron chi connectivity index (χ3n) is 5.04. The van der Waals surface area contributed by atoms with Gasteiger partial charge in [0.05, 0.1) is 12.7 Å². The van der Waals surface area contributed by atoms with E-state index in [4.69, 9.17) is 4.74 Å². The van der Waals surface area contributed by atoms with Gasteiger partial charge < -0.3 is 19.1 Å². The van der Waals surface area contributed by atoms with Crippen molar-refractivity contribution in [3.05, 3.63) is 48.3 Å². The van der Waals surface area contributed by atoms with E-state index in [0.717, 1.165) is 30.9 Å². The maximum absolute atomic E-state index is 13.0. The number of amides is 1. The summed E-state index contributed by atoms with van der Waals surface area (Å²) in [6, 6.07) is 10.2. The number of aromatic nitrogens is 1. The number of carbonyl (C=O) groups is 1. The van der Waals surface area contributed by atoms with Crippen molar-refractivity contribution in [2.24, 2.45) is 0 Å². The number of rotatable bonds is 3. The van der Waals surface area contributed by atoms with E-state index in [1.165, 1.54) is 5.69 Å². The second kappa shape index (κ2) is 7.06. The number of hydrogen-bond donors (Lipinski definition) is 0. The molecule has 1 atom stereocenters. The number of methoxy groups -OCH3 is 1. The molecular formula is C21H29N3O2. The summed E-state index contributed by atoms with van der Waals surface area (Å²) in [4.78, 5) is 17.3. The molecule has 0 N–H and O–H groups in total. The molecule has 3 rings (SSSR count). The Morgan fingerprint density at radius 3 is 2.35 bits per heavy atom. The van der Waals surface area contributed by atoms with Crippen LogP contribution >= 0.6 is 0 Å². The summed E-state index contributed by atoms with van der Waals surface area (Å²) >= 11 is 0. The zero-order chi connectivity index (χ0) is 18.9. The van der Waals surface area contributed by atoms with Gasteiger partial charge in [-0.05, 0) is 58.0 Å². The molecule has 0 radical (unpaired) electrons. The van der Waals surface area contributed by atoms with Crippen molar-refractivity contribution in [3.8, 4) is 5.75 Å². The molecule has 5 nitrogen and oxygen atoms in total. The highest BCUT2D eigenvalue weighted by molar-refractivity contribution is 5.94. The summed E-state index contributed by atoms with van der Waals surface area (Å²) in [5.41, 5.74) is 1.92. The topological polar surface area (TPSA) is 37.7 Å². The minimum atomic E-state index is -0.0167. The molecule has 26 heavy (non-hydrogen) atoms. The summed E-state index contributed by atoms with van der Waals surface area (Å²) in [6.45, 7) is 10.9. The third kappa shape index (κ3) is 3.71. The molecule has 1 aromatic carbocycles. The first kappa shape index (κ1) is 18.4. The van der Waals surface area contributed by atoms with Crippen LogP contribution in [0.25, 0.3) is 0 Å². The van der Waals surface area contributed by atoms with Crippen molar-refractivity contribution in [3.63, 3.8) is 0 Å². The number of carbonyl (C=O) groups excluding carboxylic acids is 1. The van der Waals surface area contributed by atoms with Crippen LogP contribution in [0.15, 0.2) is 42.7 Å². The molecule has 0 aliphatic carbocycles. The Hall–Kier alpha value is -2.43. The van der Waals surface area contributed by atoms with Crippen LogP contribution in [0.4, 0.5) is 5.69 Å². The minimum absolute atomic E-state index is 0.0167. The van der Waals surface area contributed by atoms with Crippen LogP contribution in [0.5, 0.6) is 5.75 Å². The van der Waals surface area contributed by atoms with Crippen molar-refractivity contribution in [1.82, 2.24) is 9.47 Å². The van der Waals surface area contributed by atoms with E-state index in [9.17, 15) is 4.79 Å². The van der Waals surface area contributed by atoms with E-state index in [2.05, 4.69) is 49.3 Å². The Balaban J connectivity index is 1.68. The Labute approximate surface area is 156 Å². The van der Waals surface area contributed by atoms with Crippen molar-refractivity contribution >= 4 is 11.6 Å². The van der Waals surface area contributed by atoms with Gasteiger partial charge in [0.25, 0.3) is 5.91 Å². The van der Waals surface area contributed by atoms with Gasteiger partial charge in [0.1, 0.15) is 5.75 Å². The highest BCUT2D eigenvalue weighted by Crippen LogP contribution is 2.24. The Morgan fingerprint density at radius 2 is 1.81 bits per heavy atom. The highest BCUT2D eigenvalue weighted by Gasteiger charge is 2.29. The van der Waals surface area contributed by atoms with Gasteiger partial charge in [-0.25, -0.2) is 0 Å². The molecule has 1 amide bonds. The smallest absolute Gasteiger partial charge is 0.255 e. The molecule has 140 valence electrons. The summed E-state index contributed by atoms with van der Waals surface area (Å²) in [5, 5.41) is 0. The van der Waals surface area contributed by atoms with E-state index in [0.29, 0.717) is 0 Å². The molecule has 0 bridgehead atoms. The van der Waals surface area contributed by atoms with E-state index >= 15 is 0 Å². The number of piperazine rings is 1. The van der Waals surface area contributed by atoms with Crippen LogP contribution in [0.2, 0.25) is 0 Å². The molecule has 0 saturated carbocycles. The maximum Gasteiger partial charge on any atom is 0.255 e. The van der Waals surface area contributed by atoms with Gasteiger partial charge in [-0.15, -0.1) is 0 Å². The molecule has 1 aliphatic rings. The van der Waals surface area contributed by atoms with Crippen molar-refractivity contribution in [1.29, 1.82) is 0 Å². The standard InChI is InChI=1S/C21H29N3O2/c1-16-14-22(18-6-8-19(26-5)9-7-18)12-13-24(16)20(25)17-10-11-23(15-17)21(2,3)4/h6-11,15-16H,12-14H2,1-5H3/t16-/m1/s1. The Bertz CT molecular complexity index is 758. The molecule has 2 heterocycles. The summed E-state index contributed by atoms with van der Waals surface area (Å²) in [5.74, 6) is 0.980.